The molecular formula is C18H23NO. The van der Waals surface area contributed by atoms with Crippen molar-refractivity contribution >= 4 is 5.69 Å². The largest absolute Gasteiger partial charge is 0.497 e. The van der Waals surface area contributed by atoms with Gasteiger partial charge < -0.3 is 10.1 Å². The van der Waals surface area contributed by atoms with Gasteiger partial charge in [0.25, 0.3) is 0 Å². The highest BCUT2D eigenvalue weighted by Crippen LogP contribution is 2.15. The molecule has 0 amide bonds. The molecular weight excluding hydrogens is 246 g/mol. The molecule has 1 atom stereocenters. The van der Waals surface area contributed by atoms with Crippen LogP contribution in [-0.2, 0) is 6.42 Å². The molecule has 0 unspecified atom stereocenters. The number of benzene rings is 2. The molecule has 0 aliphatic heterocycles. The van der Waals surface area contributed by atoms with Crippen LogP contribution >= 0.6 is 0 Å². The zero-order chi connectivity index (χ0) is 14.4. The molecule has 106 valence electrons. The first-order chi connectivity index (χ1) is 9.67. The summed E-state index contributed by atoms with van der Waals surface area (Å²) in [6.07, 6.45) is 2.18. The zero-order valence-corrected chi connectivity index (χ0v) is 12.5. The maximum absolute atomic E-state index is 5.17. The van der Waals surface area contributed by atoms with Crippen molar-refractivity contribution in [3.05, 3.63) is 59.7 Å². The Kier molecular flexibility index (Phi) is 5.05. The number of anilines is 1. The van der Waals surface area contributed by atoms with Crippen LogP contribution in [0.15, 0.2) is 48.5 Å². The molecule has 2 aromatic carbocycles. The minimum absolute atomic E-state index is 0.457. The first-order valence-corrected chi connectivity index (χ1v) is 7.13. The Labute approximate surface area is 121 Å². The molecule has 0 radical (unpaired) electrons. The number of ether oxygens (including phenoxy) is 1. The van der Waals surface area contributed by atoms with Crippen LogP contribution in [0, 0.1) is 6.92 Å². The van der Waals surface area contributed by atoms with E-state index >= 15 is 0 Å². The maximum Gasteiger partial charge on any atom is 0.118 e. The lowest BCUT2D eigenvalue weighted by Crippen LogP contribution is -2.15. The fourth-order valence-electron chi connectivity index (χ4n) is 2.27. The maximum atomic E-state index is 5.17. The van der Waals surface area contributed by atoms with Gasteiger partial charge in [0, 0.05) is 11.7 Å². The van der Waals surface area contributed by atoms with Gasteiger partial charge in [0.15, 0.2) is 0 Å². The van der Waals surface area contributed by atoms with E-state index in [2.05, 4.69) is 55.6 Å². The Hall–Kier alpha value is -1.96. The number of rotatable bonds is 6. The summed E-state index contributed by atoms with van der Waals surface area (Å²) in [6, 6.07) is 17.3. The Balaban J connectivity index is 1.83. The van der Waals surface area contributed by atoms with Crippen LogP contribution in [0.2, 0.25) is 0 Å². The molecule has 2 rings (SSSR count). The molecule has 0 aliphatic carbocycles. The highest BCUT2D eigenvalue weighted by Gasteiger charge is 2.03. The molecule has 2 aromatic rings. The summed E-state index contributed by atoms with van der Waals surface area (Å²) < 4.78 is 5.17. The molecule has 0 aromatic heterocycles. The molecule has 2 nitrogen and oxygen atoms in total. The van der Waals surface area contributed by atoms with E-state index in [9.17, 15) is 0 Å². The third-order valence-corrected chi connectivity index (χ3v) is 3.46. The summed E-state index contributed by atoms with van der Waals surface area (Å²) in [5.74, 6) is 0.916. The summed E-state index contributed by atoms with van der Waals surface area (Å²) in [7, 11) is 1.70. The molecule has 0 aliphatic rings. The van der Waals surface area contributed by atoms with Gasteiger partial charge in [-0.1, -0.05) is 24.3 Å². The van der Waals surface area contributed by atoms with E-state index in [1.54, 1.807) is 7.11 Å². The molecule has 0 spiro atoms. The van der Waals surface area contributed by atoms with Gasteiger partial charge in [-0.15, -0.1) is 0 Å². The Morgan fingerprint density at radius 2 is 1.85 bits per heavy atom. The second-order valence-corrected chi connectivity index (χ2v) is 5.30. The smallest absolute Gasteiger partial charge is 0.118 e. The van der Waals surface area contributed by atoms with Crippen molar-refractivity contribution in [2.75, 3.05) is 12.4 Å². The van der Waals surface area contributed by atoms with Crippen LogP contribution in [0.5, 0.6) is 5.75 Å². The molecule has 0 heterocycles. The van der Waals surface area contributed by atoms with E-state index in [-0.39, 0.29) is 0 Å². The number of aryl methyl sites for hydroxylation is 2. The van der Waals surface area contributed by atoms with E-state index in [4.69, 9.17) is 4.74 Å². The third kappa shape index (κ3) is 4.30. The van der Waals surface area contributed by atoms with Gasteiger partial charge in [0.1, 0.15) is 5.75 Å². The van der Waals surface area contributed by atoms with Gasteiger partial charge in [0.2, 0.25) is 0 Å². The van der Waals surface area contributed by atoms with Crippen LogP contribution in [0.25, 0.3) is 0 Å². The van der Waals surface area contributed by atoms with Crippen molar-refractivity contribution in [3.63, 3.8) is 0 Å². The van der Waals surface area contributed by atoms with Crippen molar-refractivity contribution in [2.45, 2.75) is 32.7 Å². The Bertz CT molecular complexity index is 533. The average molecular weight is 269 g/mol. The molecule has 1 N–H and O–H groups in total. The number of nitrogens with one attached hydrogen (secondary N) is 1. The fraction of sp³-hybridized carbons (Fsp3) is 0.333. The molecule has 0 saturated heterocycles. The predicted molar refractivity (Wildman–Crippen MR) is 85.6 cm³/mol. The Morgan fingerprint density at radius 3 is 2.50 bits per heavy atom. The monoisotopic (exact) mass is 269 g/mol. The lowest BCUT2D eigenvalue weighted by molar-refractivity contribution is 0.414. The Morgan fingerprint density at radius 1 is 1.10 bits per heavy atom. The second kappa shape index (κ2) is 6.99. The van der Waals surface area contributed by atoms with Gasteiger partial charge in [-0.25, -0.2) is 0 Å². The lowest BCUT2D eigenvalue weighted by Gasteiger charge is -2.15. The van der Waals surface area contributed by atoms with Gasteiger partial charge in [-0.3, -0.25) is 0 Å². The van der Waals surface area contributed by atoms with E-state index in [1.807, 2.05) is 12.1 Å². The van der Waals surface area contributed by atoms with Crippen LogP contribution in [0.3, 0.4) is 0 Å². The van der Waals surface area contributed by atoms with E-state index in [1.165, 1.54) is 16.8 Å². The molecule has 0 bridgehead atoms. The molecule has 0 fully saturated rings. The van der Waals surface area contributed by atoms with E-state index in [0.29, 0.717) is 6.04 Å². The lowest BCUT2D eigenvalue weighted by atomic mass is 10.1. The summed E-state index contributed by atoms with van der Waals surface area (Å²) >= 11 is 0. The summed E-state index contributed by atoms with van der Waals surface area (Å²) in [4.78, 5) is 0. The number of hydrogen-bond acceptors (Lipinski definition) is 2. The normalized spacial score (nSPS) is 11.9. The van der Waals surface area contributed by atoms with Crippen LogP contribution < -0.4 is 10.1 Å². The van der Waals surface area contributed by atoms with Gasteiger partial charge in [0.05, 0.1) is 7.11 Å². The average Bonchev–Trinajstić information content (AvgIpc) is 2.46. The predicted octanol–water partition coefficient (Wildman–Crippen LogP) is 4.44. The SMILES string of the molecule is COc1ccc(CC[C@H](C)Nc2cccc(C)c2)cc1. The minimum atomic E-state index is 0.457. The highest BCUT2D eigenvalue weighted by molar-refractivity contribution is 5.46. The first-order valence-electron chi connectivity index (χ1n) is 7.13. The third-order valence-electron chi connectivity index (χ3n) is 3.46. The summed E-state index contributed by atoms with van der Waals surface area (Å²) in [5.41, 5.74) is 3.84. The molecule has 2 heteroatoms. The van der Waals surface area contributed by atoms with Gasteiger partial charge in [-0.05, 0) is 62.1 Å². The fourth-order valence-corrected chi connectivity index (χ4v) is 2.27. The zero-order valence-electron chi connectivity index (χ0n) is 12.5. The van der Waals surface area contributed by atoms with Crippen LogP contribution in [0.4, 0.5) is 5.69 Å². The van der Waals surface area contributed by atoms with Gasteiger partial charge in [-0.2, -0.15) is 0 Å². The van der Waals surface area contributed by atoms with Crippen molar-refractivity contribution in [1.82, 2.24) is 0 Å². The summed E-state index contributed by atoms with van der Waals surface area (Å²) in [5, 5.41) is 3.55. The van der Waals surface area contributed by atoms with Crippen molar-refractivity contribution in [1.29, 1.82) is 0 Å². The molecule has 20 heavy (non-hydrogen) atoms. The van der Waals surface area contributed by atoms with Gasteiger partial charge >= 0.3 is 0 Å². The number of methoxy groups -OCH3 is 1. The molecule has 0 saturated carbocycles. The second-order valence-electron chi connectivity index (χ2n) is 5.30. The van der Waals surface area contributed by atoms with Crippen LogP contribution in [0.1, 0.15) is 24.5 Å². The minimum Gasteiger partial charge on any atom is -0.497 e. The topological polar surface area (TPSA) is 21.3 Å². The van der Waals surface area contributed by atoms with Crippen molar-refractivity contribution < 1.29 is 4.74 Å². The summed E-state index contributed by atoms with van der Waals surface area (Å²) in [6.45, 7) is 4.35. The standard InChI is InChI=1S/C18H23NO/c1-14-5-4-6-17(13-14)19-15(2)7-8-16-9-11-18(20-3)12-10-16/h4-6,9-13,15,19H,7-8H2,1-3H3/t15-/m0/s1. The van der Waals surface area contributed by atoms with E-state index < -0.39 is 0 Å². The quantitative estimate of drug-likeness (QED) is 0.837. The van der Waals surface area contributed by atoms with Crippen molar-refractivity contribution in [2.24, 2.45) is 0 Å². The first kappa shape index (κ1) is 14.4. The number of hydrogen-bond donors (Lipinski definition) is 1. The van der Waals surface area contributed by atoms with E-state index in [0.717, 1.165) is 18.6 Å². The highest BCUT2D eigenvalue weighted by atomic mass is 16.5. The van der Waals surface area contributed by atoms with Crippen molar-refractivity contribution in [3.8, 4) is 5.75 Å². The van der Waals surface area contributed by atoms with Crippen LogP contribution in [-0.4, -0.2) is 13.2 Å².